The first-order valence-electron chi connectivity index (χ1n) is 8.89. The minimum absolute atomic E-state index is 0.356. The van der Waals surface area contributed by atoms with E-state index in [2.05, 4.69) is 26.3 Å². The van der Waals surface area contributed by atoms with E-state index in [0.29, 0.717) is 47.4 Å². The van der Waals surface area contributed by atoms with Gasteiger partial charge in [-0.3, -0.25) is 9.78 Å². The number of aromatic nitrogens is 3. The number of nitrogens with two attached hydrogens (primary N) is 1. The number of anilines is 2. The summed E-state index contributed by atoms with van der Waals surface area (Å²) >= 11 is 0. The van der Waals surface area contributed by atoms with E-state index in [1.807, 2.05) is 13.0 Å². The van der Waals surface area contributed by atoms with Crippen molar-refractivity contribution in [2.75, 3.05) is 17.7 Å². The number of hydrogen-bond acceptors (Lipinski definition) is 7. The molecule has 4 rings (SSSR count). The van der Waals surface area contributed by atoms with Crippen molar-refractivity contribution < 1.29 is 9.53 Å². The molecule has 0 aromatic carbocycles. The van der Waals surface area contributed by atoms with Crippen molar-refractivity contribution in [3.8, 4) is 23.1 Å². The molecule has 0 spiro atoms. The Kier molecular flexibility index (Phi) is 5.97. The Balaban J connectivity index is 0.000000391. The van der Waals surface area contributed by atoms with Crippen LogP contribution in [0.25, 0.3) is 22.0 Å². The molecule has 0 saturated heterocycles. The number of amides is 1. The van der Waals surface area contributed by atoms with Gasteiger partial charge in [-0.05, 0) is 43.4 Å². The quantitative estimate of drug-likeness (QED) is 0.655. The molecule has 142 valence electrons. The Morgan fingerprint density at radius 3 is 2.86 bits per heavy atom. The predicted octanol–water partition coefficient (Wildman–Crippen LogP) is 3.16. The molecule has 3 aromatic heterocycles. The van der Waals surface area contributed by atoms with Crippen LogP contribution in [0.4, 0.5) is 11.6 Å². The van der Waals surface area contributed by atoms with E-state index in [9.17, 15) is 4.79 Å². The summed E-state index contributed by atoms with van der Waals surface area (Å²) < 4.78 is 5.61. The third kappa shape index (κ3) is 4.51. The van der Waals surface area contributed by atoms with Gasteiger partial charge in [0, 0.05) is 29.9 Å². The fourth-order valence-electron chi connectivity index (χ4n) is 2.52. The van der Waals surface area contributed by atoms with Gasteiger partial charge < -0.3 is 15.8 Å². The first-order chi connectivity index (χ1) is 13.7. The van der Waals surface area contributed by atoms with Crippen molar-refractivity contribution in [1.29, 1.82) is 5.26 Å². The Labute approximate surface area is 162 Å². The zero-order chi connectivity index (χ0) is 19.9. The second-order valence-electron chi connectivity index (χ2n) is 6.15. The third-order valence-corrected chi connectivity index (χ3v) is 4.07. The summed E-state index contributed by atoms with van der Waals surface area (Å²) in [5.41, 5.74) is 7.44. The highest BCUT2D eigenvalue weighted by Crippen LogP contribution is 2.32. The van der Waals surface area contributed by atoms with Gasteiger partial charge in [0.2, 0.25) is 6.41 Å². The van der Waals surface area contributed by atoms with E-state index < -0.39 is 0 Å². The summed E-state index contributed by atoms with van der Waals surface area (Å²) in [6.45, 7) is 2.45. The number of nitrogens with one attached hydrogen (secondary N) is 1. The van der Waals surface area contributed by atoms with E-state index in [0.717, 1.165) is 23.8 Å². The second-order valence-corrected chi connectivity index (χ2v) is 6.15. The van der Waals surface area contributed by atoms with Gasteiger partial charge in [0.1, 0.15) is 17.4 Å². The minimum atomic E-state index is 0.356. The number of nitrogens with zero attached hydrogens (tertiary/aromatic N) is 4. The lowest BCUT2D eigenvalue weighted by molar-refractivity contribution is -0.105. The highest BCUT2D eigenvalue weighted by Gasteiger charge is 2.19. The van der Waals surface area contributed by atoms with Gasteiger partial charge in [-0.2, -0.15) is 5.26 Å². The summed E-state index contributed by atoms with van der Waals surface area (Å²) in [5, 5.41) is 12.0. The first kappa shape index (κ1) is 19.0. The molecule has 0 atom stereocenters. The molecule has 28 heavy (non-hydrogen) atoms. The van der Waals surface area contributed by atoms with Crippen LogP contribution in [0, 0.1) is 17.2 Å². The van der Waals surface area contributed by atoms with Crippen LogP contribution in [-0.4, -0.2) is 28.0 Å². The molecule has 8 nitrogen and oxygen atoms in total. The third-order valence-electron chi connectivity index (χ3n) is 4.07. The summed E-state index contributed by atoms with van der Waals surface area (Å²) in [4.78, 5) is 23.2. The van der Waals surface area contributed by atoms with Crippen LogP contribution in [0.15, 0.2) is 36.8 Å². The fourth-order valence-corrected chi connectivity index (χ4v) is 2.52. The van der Waals surface area contributed by atoms with Crippen molar-refractivity contribution in [1.82, 2.24) is 15.0 Å². The van der Waals surface area contributed by atoms with Crippen molar-refractivity contribution >= 4 is 28.8 Å². The lowest BCUT2D eigenvalue weighted by atomic mass is 10.1. The maximum Gasteiger partial charge on any atom is 0.212 e. The Hall–Kier alpha value is -3.73. The molecule has 0 aliphatic heterocycles. The van der Waals surface area contributed by atoms with Gasteiger partial charge in [0.05, 0.1) is 23.9 Å². The van der Waals surface area contributed by atoms with Gasteiger partial charge in [-0.25, -0.2) is 9.97 Å². The SMILES string of the molecule is CCOc1ccncc1-c1cc2cc(NC=O)ncc2c(N)n1.N#CC1CC1. The molecule has 1 saturated carbocycles. The Morgan fingerprint density at radius 1 is 1.39 bits per heavy atom. The number of hydrogen-bond donors (Lipinski definition) is 2. The summed E-state index contributed by atoms with van der Waals surface area (Å²) in [7, 11) is 0. The molecule has 0 unspecified atom stereocenters. The van der Waals surface area contributed by atoms with Crippen LogP contribution in [0.5, 0.6) is 5.75 Å². The number of rotatable bonds is 5. The largest absolute Gasteiger partial charge is 0.493 e. The van der Waals surface area contributed by atoms with E-state index in [4.69, 9.17) is 15.7 Å². The first-order valence-corrected chi connectivity index (χ1v) is 8.89. The number of nitrogen functional groups attached to an aromatic ring is 1. The van der Waals surface area contributed by atoms with Crippen LogP contribution < -0.4 is 15.8 Å². The second kappa shape index (κ2) is 8.77. The smallest absolute Gasteiger partial charge is 0.212 e. The van der Waals surface area contributed by atoms with Crippen LogP contribution in [0.3, 0.4) is 0 Å². The average molecular weight is 376 g/mol. The van der Waals surface area contributed by atoms with Crippen LogP contribution >= 0.6 is 0 Å². The zero-order valence-corrected chi connectivity index (χ0v) is 15.4. The standard InChI is InChI=1S/C16H15N5O2.C4H5N/c1-2-23-14-3-4-18-7-12(14)13-5-10-6-15(20-9-22)19-8-11(10)16(17)21-13;5-3-4-1-2-4/h3-9H,2H2,1H3,(H2,17,21)(H,19,20,22);4H,1-2H2. The van der Waals surface area contributed by atoms with E-state index in [1.165, 1.54) is 0 Å². The molecule has 1 fully saturated rings. The maximum atomic E-state index is 10.6. The number of carbonyl (C=O) groups excluding carboxylic acids is 1. The maximum absolute atomic E-state index is 10.6. The molecule has 8 heteroatoms. The van der Waals surface area contributed by atoms with Crippen LogP contribution in [-0.2, 0) is 4.79 Å². The van der Waals surface area contributed by atoms with E-state index >= 15 is 0 Å². The van der Waals surface area contributed by atoms with Crippen molar-refractivity contribution in [2.24, 2.45) is 5.92 Å². The lowest BCUT2D eigenvalue weighted by Crippen LogP contribution is -2.00. The number of pyridine rings is 3. The van der Waals surface area contributed by atoms with E-state index in [-0.39, 0.29) is 0 Å². The zero-order valence-electron chi connectivity index (χ0n) is 15.4. The number of ether oxygens (including phenoxy) is 1. The van der Waals surface area contributed by atoms with Crippen molar-refractivity contribution in [3.05, 3.63) is 36.8 Å². The van der Waals surface area contributed by atoms with Crippen LogP contribution in [0.2, 0.25) is 0 Å². The summed E-state index contributed by atoms with van der Waals surface area (Å²) in [5.74, 6) is 1.93. The highest BCUT2D eigenvalue weighted by atomic mass is 16.5. The molecule has 0 radical (unpaired) electrons. The van der Waals surface area contributed by atoms with Crippen LogP contribution in [0.1, 0.15) is 19.8 Å². The Morgan fingerprint density at radius 2 is 2.21 bits per heavy atom. The molecule has 1 amide bonds. The van der Waals surface area contributed by atoms with Gasteiger partial charge >= 0.3 is 0 Å². The topological polar surface area (TPSA) is 127 Å². The molecule has 1 aliphatic carbocycles. The lowest BCUT2D eigenvalue weighted by Gasteiger charge is -2.11. The monoisotopic (exact) mass is 376 g/mol. The molecule has 0 bridgehead atoms. The van der Waals surface area contributed by atoms with Gasteiger partial charge in [-0.15, -0.1) is 0 Å². The van der Waals surface area contributed by atoms with Crippen molar-refractivity contribution in [3.63, 3.8) is 0 Å². The molecule has 3 N–H and O–H groups in total. The molecular formula is C20H20N6O2. The normalized spacial score (nSPS) is 12.4. The molecule has 3 heterocycles. The highest BCUT2D eigenvalue weighted by molar-refractivity contribution is 5.95. The average Bonchev–Trinajstić information content (AvgIpc) is 3.54. The van der Waals surface area contributed by atoms with E-state index in [1.54, 1.807) is 30.7 Å². The predicted molar refractivity (Wildman–Crippen MR) is 106 cm³/mol. The molecule has 3 aromatic rings. The summed E-state index contributed by atoms with van der Waals surface area (Å²) in [6.07, 6.45) is 7.81. The van der Waals surface area contributed by atoms with Gasteiger partial charge in [-0.1, -0.05) is 0 Å². The Bertz CT molecular complexity index is 1030. The number of nitriles is 1. The molecule has 1 aliphatic rings. The van der Waals surface area contributed by atoms with Gasteiger partial charge in [0.25, 0.3) is 0 Å². The summed E-state index contributed by atoms with van der Waals surface area (Å²) in [6, 6.07) is 7.53. The van der Waals surface area contributed by atoms with Crippen molar-refractivity contribution in [2.45, 2.75) is 19.8 Å². The number of carbonyl (C=O) groups is 1. The number of fused-ring (bicyclic) bond motifs is 1. The minimum Gasteiger partial charge on any atom is -0.493 e. The van der Waals surface area contributed by atoms with Gasteiger partial charge in [0.15, 0.2) is 0 Å². The molecular weight excluding hydrogens is 356 g/mol. The fraction of sp³-hybridized carbons (Fsp3) is 0.250.